The Bertz CT molecular complexity index is 1000. The van der Waals surface area contributed by atoms with E-state index in [0.717, 1.165) is 0 Å². The lowest BCUT2D eigenvalue weighted by molar-refractivity contribution is 0.0973. The Hall–Kier alpha value is -3.88. The lowest BCUT2D eigenvalue weighted by Gasteiger charge is -2.10. The van der Waals surface area contributed by atoms with Crippen molar-refractivity contribution in [3.8, 4) is 0 Å². The number of primary amides is 1. The van der Waals surface area contributed by atoms with E-state index in [2.05, 4.69) is 10.5 Å². The summed E-state index contributed by atoms with van der Waals surface area (Å²) < 4.78 is 9.88. The number of hydrogen-bond acceptors (Lipinski definition) is 7. The van der Waals surface area contributed by atoms with Gasteiger partial charge >= 0.3 is 0 Å². The van der Waals surface area contributed by atoms with Gasteiger partial charge in [-0.1, -0.05) is 5.16 Å². The molecule has 2 heterocycles. The Kier molecular flexibility index (Phi) is 4.27. The first-order chi connectivity index (χ1) is 12.4. The van der Waals surface area contributed by atoms with E-state index in [4.69, 9.17) is 25.8 Å². The van der Waals surface area contributed by atoms with Crippen LogP contribution in [-0.4, -0.2) is 22.7 Å². The van der Waals surface area contributed by atoms with Crippen molar-refractivity contribution in [2.75, 3.05) is 11.1 Å². The van der Waals surface area contributed by atoms with Crippen LogP contribution in [0.4, 0.5) is 11.4 Å². The van der Waals surface area contributed by atoms with Crippen molar-refractivity contribution in [2.24, 2.45) is 5.73 Å². The number of nitrogens with one attached hydrogen (secondary N) is 2. The van der Waals surface area contributed by atoms with Crippen LogP contribution in [0, 0.1) is 12.3 Å². The monoisotopic (exact) mass is 353 g/mol. The molecule has 26 heavy (non-hydrogen) atoms. The zero-order chi connectivity index (χ0) is 18.8. The van der Waals surface area contributed by atoms with Crippen LogP contribution >= 0.6 is 0 Å². The number of nitrogen functional groups attached to an aromatic ring is 1. The summed E-state index contributed by atoms with van der Waals surface area (Å²) in [5.41, 5.74) is 13.1. The van der Waals surface area contributed by atoms with Gasteiger partial charge < -0.3 is 25.7 Å². The number of nitrogens with zero attached hydrogens (tertiary/aromatic N) is 1. The number of aromatic nitrogens is 1. The van der Waals surface area contributed by atoms with E-state index < -0.39 is 11.8 Å². The summed E-state index contributed by atoms with van der Waals surface area (Å²) >= 11 is 0. The highest BCUT2D eigenvalue weighted by molar-refractivity contribution is 6.14. The molecule has 2 amide bonds. The van der Waals surface area contributed by atoms with Gasteiger partial charge in [-0.2, -0.15) is 0 Å². The summed E-state index contributed by atoms with van der Waals surface area (Å²) in [6.45, 7) is 1.51. The predicted molar refractivity (Wildman–Crippen MR) is 93.2 cm³/mol. The first-order valence-electron chi connectivity index (χ1n) is 7.47. The molecular weight excluding hydrogens is 338 g/mol. The maximum Gasteiger partial charge on any atom is 0.294 e. The van der Waals surface area contributed by atoms with Crippen LogP contribution in [0.25, 0.3) is 0 Å². The standard InChI is InChI=1S/C17H15N5O4/c1-8-14(16(20)23)22-26-15(8)17(24)21-10-2-3-12(18)11(6-10)13(19)9-4-5-25-7-9/h2-7,19H,18H2,1H3,(H2,20,23)(H,21,24). The van der Waals surface area contributed by atoms with Crippen molar-refractivity contribution < 1.29 is 18.5 Å². The van der Waals surface area contributed by atoms with Crippen molar-refractivity contribution in [3.63, 3.8) is 0 Å². The van der Waals surface area contributed by atoms with E-state index in [-0.39, 0.29) is 22.7 Å². The van der Waals surface area contributed by atoms with E-state index in [1.807, 2.05) is 0 Å². The maximum atomic E-state index is 12.4. The summed E-state index contributed by atoms with van der Waals surface area (Å²) in [7, 11) is 0. The Balaban J connectivity index is 1.87. The van der Waals surface area contributed by atoms with Gasteiger partial charge in [0.15, 0.2) is 5.69 Å². The number of amides is 2. The van der Waals surface area contributed by atoms with E-state index in [1.54, 1.807) is 24.3 Å². The molecule has 2 aromatic heterocycles. The zero-order valence-corrected chi connectivity index (χ0v) is 13.7. The van der Waals surface area contributed by atoms with Crippen molar-refractivity contribution in [3.05, 3.63) is 64.9 Å². The third kappa shape index (κ3) is 3.05. The fourth-order valence-corrected chi connectivity index (χ4v) is 2.38. The minimum atomic E-state index is -0.784. The number of nitrogens with two attached hydrogens (primary N) is 2. The van der Waals surface area contributed by atoms with Crippen molar-refractivity contribution in [1.29, 1.82) is 5.41 Å². The SMILES string of the molecule is Cc1c(C(N)=O)noc1C(=O)Nc1ccc(N)c(C(=N)c2ccoc2)c1. The molecule has 0 aliphatic carbocycles. The zero-order valence-electron chi connectivity index (χ0n) is 13.7. The fourth-order valence-electron chi connectivity index (χ4n) is 2.38. The van der Waals surface area contributed by atoms with Crippen LogP contribution in [0.1, 0.15) is 37.7 Å². The number of anilines is 2. The molecule has 6 N–H and O–H groups in total. The second-order valence-electron chi connectivity index (χ2n) is 5.49. The number of furan rings is 1. The predicted octanol–water partition coefficient (Wildman–Crippen LogP) is 1.93. The van der Waals surface area contributed by atoms with Gasteiger partial charge in [-0.15, -0.1) is 0 Å². The molecule has 0 spiro atoms. The first kappa shape index (κ1) is 17.0. The molecule has 9 heteroatoms. The molecule has 0 saturated heterocycles. The van der Waals surface area contributed by atoms with Crippen molar-refractivity contribution in [1.82, 2.24) is 5.16 Å². The minimum Gasteiger partial charge on any atom is -0.472 e. The molecule has 3 aromatic rings. The molecule has 0 unspecified atom stereocenters. The number of benzene rings is 1. The van der Waals surface area contributed by atoms with Gasteiger partial charge in [0.2, 0.25) is 5.76 Å². The summed E-state index contributed by atoms with van der Waals surface area (Å²) in [5, 5.41) is 14.3. The molecule has 1 aromatic carbocycles. The van der Waals surface area contributed by atoms with Crippen molar-refractivity contribution >= 4 is 28.9 Å². The number of hydrogen-bond donors (Lipinski definition) is 4. The molecular formula is C17H15N5O4. The number of rotatable bonds is 5. The van der Waals surface area contributed by atoms with Gasteiger partial charge in [-0.25, -0.2) is 0 Å². The third-order valence-electron chi connectivity index (χ3n) is 3.75. The fraction of sp³-hybridized carbons (Fsp3) is 0.0588. The second-order valence-corrected chi connectivity index (χ2v) is 5.49. The van der Waals surface area contributed by atoms with E-state index in [9.17, 15) is 9.59 Å². The molecule has 0 aliphatic rings. The summed E-state index contributed by atoms with van der Waals surface area (Å²) in [6, 6.07) is 6.35. The summed E-state index contributed by atoms with van der Waals surface area (Å²) in [6.07, 6.45) is 2.88. The average Bonchev–Trinajstić information content (AvgIpc) is 3.25. The Morgan fingerprint density at radius 2 is 2.04 bits per heavy atom. The Labute approximate surface area is 147 Å². The van der Waals surface area contributed by atoms with Crippen LogP contribution in [0.2, 0.25) is 0 Å². The molecule has 3 rings (SSSR count). The molecule has 132 valence electrons. The highest BCUT2D eigenvalue weighted by Crippen LogP contribution is 2.22. The average molecular weight is 353 g/mol. The molecule has 9 nitrogen and oxygen atoms in total. The van der Waals surface area contributed by atoms with E-state index >= 15 is 0 Å². The van der Waals surface area contributed by atoms with Crippen LogP contribution in [0.15, 0.2) is 45.7 Å². The van der Waals surface area contributed by atoms with Gasteiger partial charge in [0.1, 0.15) is 0 Å². The Morgan fingerprint density at radius 1 is 1.27 bits per heavy atom. The van der Waals surface area contributed by atoms with E-state index in [1.165, 1.54) is 19.5 Å². The maximum absolute atomic E-state index is 12.4. The highest BCUT2D eigenvalue weighted by atomic mass is 16.5. The molecule has 0 fully saturated rings. The molecule has 0 bridgehead atoms. The van der Waals surface area contributed by atoms with Gasteiger partial charge in [-0.3, -0.25) is 15.0 Å². The van der Waals surface area contributed by atoms with Crippen LogP contribution in [0.5, 0.6) is 0 Å². The highest BCUT2D eigenvalue weighted by Gasteiger charge is 2.22. The minimum absolute atomic E-state index is 0.102. The number of carbonyl (C=O) groups is 2. The Morgan fingerprint density at radius 3 is 2.65 bits per heavy atom. The number of carbonyl (C=O) groups excluding carboxylic acids is 2. The molecule has 0 radical (unpaired) electrons. The lowest BCUT2D eigenvalue weighted by Crippen LogP contribution is -2.15. The van der Waals surface area contributed by atoms with Gasteiger partial charge in [0.25, 0.3) is 11.8 Å². The van der Waals surface area contributed by atoms with Crippen molar-refractivity contribution in [2.45, 2.75) is 6.92 Å². The smallest absolute Gasteiger partial charge is 0.294 e. The topological polar surface area (TPSA) is 161 Å². The quantitative estimate of drug-likeness (QED) is 0.404. The normalized spacial score (nSPS) is 10.5. The summed E-state index contributed by atoms with van der Waals surface area (Å²) in [5.74, 6) is -1.51. The summed E-state index contributed by atoms with van der Waals surface area (Å²) in [4.78, 5) is 23.6. The first-order valence-corrected chi connectivity index (χ1v) is 7.47. The van der Waals surface area contributed by atoms with Crippen LogP contribution < -0.4 is 16.8 Å². The van der Waals surface area contributed by atoms with Gasteiger partial charge in [-0.05, 0) is 31.2 Å². The molecule has 0 saturated carbocycles. The molecule has 0 aliphatic heterocycles. The molecule has 0 atom stereocenters. The van der Waals surface area contributed by atoms with Gasteiger partial charge in [0.05, 0.1) is 18.2 Å². The van der Waals surface area contributed by atoms with Crippen LogP contribution in [-0.2, 0) is 0 Å². The lowest BCUT2D eigenvalue weighted by atomic mass is 10.0. The van der Waals surface area contributed by atoms with Gasteiger partial charge in [0, 0.05) is 28.1 Å². The third-order valence-corrected chi connectivity index (χ3v) is 3.75. The van der Waals surface area contributed by atoms with E-state index in [0.29, 0.717) is 22.5 Å². The van der Waals surface area contributed by atoms with Crippen LogP contribution in [0.3, 0.4) is 0 Å². The largest absolute Gasteiger partial charge is 0.472 e. The second kappa shape index (κ2) is 6.55.